The third kappa shape index (κ3) is 1.53. The van der Waals surface area contributed by atoms with Gasteiger partial charge in [0.05, 0.1) is 5.92 Å². The molecular weight excluding hydrogens is 272 g/mol. The first kappa shape index (κ1) is 10.8. The van der Waals surface area contributed by atoms with E-state index in [4.69, 9.17) is 4.74 Å². The van der Waals surface area contributed by atoms with Gasteiger partial charge in [0.2, 0.25) is 0 Å². The maximum Gasteiger partial charge on any atom is 0.316 e. The maximum absolute atomic E-state index is 12.1. The summed E-state index contributed by atoms with van der Waals surface area (Å²) in [4.78, 5) is 23.4. The summed E-state index contributed by atoms with van der Waals surface area (Å²) in [5.74, 6) is 1.58. The van der Waals surface area contributed by atoms with E-state index in [1.807, 2.05) is 0 Å². The Morgan fingerprint density at radius 2 is 2.12 bits per heavy atom. The molecule has 0 spiro atoms. The van der Waals surface area contributed by atoms with Crippen LogP contribution in [0.5, 0.6) is 0 Å². The van der Waals surface area contributed by atoms with E-state index in [1.54, 1.807) is 0 Å². The summed E-state index contributed by atoms with van der Waals surface area (Å²) in [5.41, 5.74) is 0. The molecule has 4 aliphatic carbocycles. The summed E-state index contributed by atoms with van der Waals surface area (Å²) in [6.07, 6.45) is 4.02. The van der Waals surface area contributed by atoms with Gasteiger partial charge in [-0.1, -0.05) is 15.9 Å². The molecule has 4 rings (SSSR count). The molecule has 4 aliphatic rings. The van der Waals surface area contributed by atoms with Crippen LogP contribution in [-0.4, -0.2) is 23.2 Å². The summed E-state index contributed by atoms with van der Waals surface area (Å²) >= 11 is 3.10. The van der Waals surface area contributed by atoms with Gasteiger partial charge >= 0.3 is 5.97 Å². The van der Waals surface area contributed by atoms with Crippen molar-refractivity contribution >= 4 is 27.7 Å². The molecule has 4 saturated carbocycles. The molecule has 88 valence electrons. The van der Waals surface area contributed by atoms with Crippen LogP contribution in [0.3, 0.4) is 0 Å². The number of carbonyl (C=O) groups is 2. The Kier molecular flexibility index (Phi) is 2.57. The van der Waals surface area contributed by atoms with Gasteiger partial charge < -0.3 is 4.74 Å². The zero-order chi connectivity index (χ0) is 11.3. The van der Waals surface area contributed by atoms with Crippen LogP contribution in [0.15, 0.2) is 0 Å². The van der Waals surface area contributed by atoms with E-state index in [0.29, 0.717) is 17.6 Å². The highest BCUT2D eigenvalue weighted by Crippen LogP contribution is 2.52. The van der Waals surface area contributed by atoms with Gasteiger partial charge in [-0.05, 0) is 37.5 Å². The highest BCUT2D eigenvalue weighted by molar-refractivity contribution is 9.09. The molecule has 3 nitrogen and oxygen atoms in total. The lowest BCUT2D eigenvalue weighted by molar-refractivity contribution is -0.173. The average molecular weight is 287 g/mol. The summed E-state index contributed by atoms with van der Waals surface area (Å²) in [7, 11) is 0. The lowest BCUT2D eigenvalue weighted by atomic mass is 9.54. The molecule has 5 atom stereocenters. The molecular formula is C12H15BrO3. The number of esters is 1. The van der Waals surface area contributed by atoms with Crippen molar-refractivity contribution in [2.45, 2.75) is 31.8 Å². The second-order valence-electron chi connectivity index (χ2n) is 5.36. The van der Waals surface area contributed by atoms with Crippen LogP contribution in [0.4, 0.5) is 0 Å². The SMILES string of the molecule is O=C(CBr)OC1C2CC3CC(C2)C(=O)C1C3. The number of Topliss-reactive ketones (excluding diaryl/α,β-unsaturated/α-hetero) is 1. The van der Waals surface area contributed by atoms with Crippen molar-refractivity contribution in [3.63, 3.8) is 0 Å². The van der Waals surface area contributed by atoms with E-state index >= 15 is 0 Å². The minimum Gasteiger partial charge on any atom is -0.461 e. The highest BCUT2D eigenvalue weighted by Gasteiger charge is 2.54. The quantitative estimate of drug-likeness (QED) is 0.576. The first-order valence-electron chi connectivity index (χ1n) is 5.98. The van der Waals surface area contributed by atoms with E-state index < -0.39 is 0 Å². The molecule has 0 heterocycles. The fraction of sp³-hybridized carbons (Fsp3) is 0.833. The smallest absolute Gasteiger partial charge is 0.316 e. The van der Waals surface area contributed by atoms with E-state index in [9.17, 15) is 9.59 Å². The Morgan fingerprint density at radius 3 is 2.88 bits per heavy atom. The molecule has 4 bridgehead atoms. The van der Waals surface area contributed by atoms with E-state index in [1.165, 1.54) is 0 Å². The number of carbonyl (C=O) groups excluding carboxylic acids is 2. The summed E-state index contributed by atoms with van der Waals surface area (Å²) < 4.78 is 5.44. The molecule has 0 amide bonds. The fourth-order valence-electron chi connectivity index (χ4n) is 3.94. The molecule has 0 aromatic carbocycles. The number of ketones is 1. The molecule has 16 heavy (non-hydrogen) atoms. The molecule has 5 unspecified atom stereocenters. The van der Waals surface area contributed by atoms with E-state index in [-0.39, 0.29) is 29.2 Å². The average Bonchev–Trinajstić information content (AvgIpc) is 2.29. The van der Waals surface area contributed by atoms with E-state index in [0.717, 1.165) is 25.7 Å². The first-order valence-corrected chi connectivity index (χ1v) is 7.10. The van der Waals surface area contributed by atoms with Crippen molar-refractivity contribution in [2.75, 3.05) is 5.33 Å². The Hall–Kier alpha value is -0.380. The molecule has 4 fully saturated rings. The topological polar surface area (TPSA) is 43.4 Å². The van der Waals surface area contributed by atoms with Crippen molar-refractivity contribution in [3.8, 4) is 0 Å². The Bertz CT molecular complexity index is 341. The number of hydrogen-bond acceptors (Lipinski definition) is 3. The minimum absolute atomic E-state index is 0.0132. The zero-order valence-corrected chi connectivity index (χ0v) is 10.6. The molecule has 0 aromatic heterocycles. The van der Waals surface area contributed by atoms with Crippen LogP contribution in [0.1, 0.15) is 25.7 Å². The van der Waals surface area contributed by atoms with E-state index in [2.05, 4.69) is 15.9 Å². The van der Waals surface area contributed by atoms with Crippen LogP contribution < -0.4 is 0 Å². The minimum atomic E-state index is -0.231. The second kappa shape index (κ2) is 3.83. The van der Waals surface area contributed by atoms with Crippen molar-refractivity contribution in [1.82, 2.24) is 0 Å². The Labute approximate surface area is 103 Å². The standard InChI is InChI=1S/C12H15BrO3/c13-5-10(14)16-12-8-2-6-1-7(4-8)11(15)9(12)3-6/h6-9,12H,1-5H2. The Morgan fingerprint density at radius 1 is 1.31 bits per heavy atom. The van der Waals surface area contributed by atoms with Crippen LogP contribution in [0.25, 0.3) is 0 Å². The van der Waals surface area contributed by atoms with Crippen molar-refractivity contribution in [3.05, 3.63) is 0 Å². The predicted molar refractivity (Wildman–Crippen MR) is 61.1 cm³/mol. The van der Waals surface area contributed by atoms with Crippen molar-refractivity contribution in [1.29, 1.82) is 0 Å². The van der Waals surface area contributed by atoms with Gasteiger partial charge in [-0.15, -0.1) is 0 Å². The van der Waals surface area contributed by atoms with Crippen LogP contribution in [0.2, 0.25) is 0 Å². The van der Waals surface area contributed by atoms with Gasteiger partial charge in [0, 0.05) is 5.92 Å². The van der Waals surface area contributed by atoms with Gasteiger partial charge in [-0.2, -0.15) is 0 Å². The highest BCUT2D eigenvalue weighted by atomic mass is 79.9. The summed E-state index contributed by atoms with van der Waals surface area (Å²) in [6, 6.07) is 0. The number of alkyl halides is 1. The molecule has 0 radical (unpaired) electrons. The monoisotopic (exact) mass is 286 g/mol. The third-order valence-electron chi connectivity index (χ3n) is 4.43. The molecule has 0 aromatic rings. The van der Waals surface area contributed by atoms with Crippen molar-refractivity contribution < 1.29 is 14.3 Å². The van der Waals surface area contributed by atoms with Gasteiger partial charge in [0.25, 0.3) is 0 Å². The molecule has 0 N–H and O–H groups in total. The van der Waals surface area contributed by atoms with Crippen LogP contribution >= 0.6 is 15.9 Å². The largest absolute Gasteiger partial charge is 0.461 e. The third-order valence-corrected chi connectivity index (χ3v) is 4.89. The molecule has 4 heteroatoms. The van der Waals surface area contributed by atoms with Crippen molar-refractivity contribution in [2.24, 2.45) is 23.7 Å². The maximum atomic E-state index is 12.1. The first-order chi connectivity index (χ1) is 7.69. The van der Waals surface area contributed by atoms with Crippen LogP contribution in [-0.2, 0) is 14.3 Å². The normalized spacial score (nSPS) is 44.8. The predicted octanol–water partition coefficient (Wildman–Crippen LogP) is 1.93. The molecule has 0 saturated heterocycles. The number of ether oxygens (including phenoxy) is 1. The lowest BCUT2D eigenvalue weighted by Gasteiger charge is -2.52. The van der Waals surface area contributed by atoms with Gasteiger partial charge in [0.15, 0.2) is 0 Å². The zero-order valence-electron chi connectivity index (χ0n) is 9.02. The second-order valence-corrected chi connectivity index (χ2v) is 5.92. The summed E-state index contributed by atoms with van der Waals surface area (Å²) in [5, 5.41) is 0.226. The Balaban J connectivity index is 1.80. The van der Waals surface area contributed by atoms with Gasteiger partial charge in [0.1, 0.15) is 17.2 Å². The molecule has 0 aliphatic heterocycles. The number of rotatable bonds is 2. The number of halogens is 1. The summed E-state index contributed by atoms with van der Waals surface area (Å²) in [6.45, 7) is 0. The van der Waals surface area contributed by atoms with Gasteiger partial charge in [-0.3, -0.25) is 9.59 Å². The van der Waals surface area contributed by atoms with Crippen LogP contribution in [0, 0.1) is 23.7 Å². The number of hydrogen-bond donors (Lipinski definition) is 0. The van der Waals surface area contributed by atoms with Gasteiger partial charge in [-0.25, -0.2) is 0 Å². The fourth-order valence-corrected chi connectivity index (χ4v) is 4.07. The lowest BCUT2D eigenvalue weighted by Crippen LogP contribution is -2.55.